The number of anilines is 2. The molecule has 3 aromatic carbocycles. The van der Waals surface area contributed by atoms with Gasteiger partial charge in [-0.05, 0) is 48.0 Å². The fourth-order valence-corrected chi connectivity index (χ4v) is 3.85. The summed E-state index contributed by atoms with van der Waals surface area (Å²) in [4.78, 5) is 10.1. The summed E-state index contributed by atoms with van der Waals surface area (Å²) in [6.07, 6.45) is 1.41. The van der Waals surface area contributed by atoms with Crippen molar-refractivity contribution in [1.82, 2.24) is 0 Å². The molecule has 31 heavy (non-hydrogen) atoms. The third-order valence-corrected chi connectivity index (χ3v) is 5.51. The van der Waals surface area contributed by atoms with Crippen LogP contribution in [-0.2, 0) is 10.0 Å². The molecule has 0 atom stereocenters. The SMILES string of the molecule is COc1ccccc1NS(=O)(=O)c1cc([N+](=O)[O-])ccc1N/N=C/c1ccc(O)cc1. The number of non-ortho nitro benzene ring substituents is 1. The minimum atomic E-state index is -4.24. The van der Waals surface area contributed by atoms with E-state index in [0.717, 1.165) is 6.07 Å². The molecule has 0 spiro atoms. The molecule has 0 amide bonds. The lowest BCUT2D eigenvalue weighted by Gasteiger charge is -2.14. The Bertz CT molecular complexity index is 1230. The lowest BCUT2D eigenvalue weighted by molar-refractivity contribution is -0.385. The number of benzene rings is 3. The van der Waals surface area contributed by atoms with E-state index in [4.69, 9.17) is 4.74 Å². The number of phenols is 1. The summed E-state index contributed by atoms with van der Waals surface area (Å²) >= 11 is 0. The van der Waals surface area contributed by atoms with Crippen LogP contribution in [0.1, 0.15) is 5.56 Å². The molecule has 10 nitrogen and oxygen atoms in total. The molecule has 11 heteroatoms. The van der Waals surface area contributed by atoms with Gasteiger partial charge in [-0.1, -0.05) is 12.1 Å². The number of nitrogens with one attached hydrogen (secondary N) is 2. The Hall–Kier alpha value is -4.12. The molecule has 0 aliphatic carbocycles. The second kappa shape index (κ2) is 9.13. The Kier molecular flexibility index (Phi) is 6.36. The molecule has 0 saturated carbocycles. The van der Waals surface area contributed by atoms with Gasteiger partial charge in [-0.25, -0.2) is 8.42 Å². The van der Waals surface area contributed by atoms with Gasteiger partial charge in [-0.15, -0.1) is 0 Å². The topological polar surface area (TPSA) is 143 Å². The summed E-state index contributed by atoms with van der Waals surface area (Å²) < 4.78 is 33.6. The third kappa shape index (κ3) is 5.28. The first-order valence-corrected chi connectivity index (χ1v) is 10.3. The maximum absolute atomic E-state index is 13.0. The average Bonchev–Trinajstić information content (AvgIpc) is 2.75. The number of nitro groups is 1. The number of hydrogen-bond donors (Lipinski definition) is 3. The summed E-state index contributed by atoms with van der Waals surface area (Å²) in [6.45, 7) is 0. The van der Waals surface area contributed by atoms with Gasteiger partial charge in [0.25, 0.3) is 15.7 Å². The molecule has 0 saturated heterocycles. The van der Waals surface area contributed by atoms with Crippen molar-refractivity contribution in [1.29, 1.82) is 0 Å². The zero-order valence-electron chi connectivity index (χ0n) is 16.2. The molecule has 0 unspecified atom stereocenters. The van der Waals surface area contributed by atoms with Crippen LogP contribution >= 0.6 is 0 Å². The van der Waals surface area contributed by atoms with Crippen molar-refractivity contribution >= 4 is 33.3 Å². The predicted molar refractivity (Wildman–Crippen MR) is 116 cm³/mol. The van der Waals surface area contributed by atoms with Crippen LogP contribution in [0.3, 0.4) is 0 Å². The van der Waals surface area contributed by atoms with Crippen molar-refractivity contribution < 1.29 is 23.2 Å². The average molecular weight is 442 g/mol. The highest BCUT2D eigenvalue weighted by atomic mass is 32.2. The number of sulfonamides is 1. The zero-order chi connectivity index (χ0) is 22.4. The van der Waals surface area contributed by atoms with Crippen molar-refractivity contribution in [3.63, 3.8) is 0 Å². The summed E-state index contributed by atoms with van der Waals surface area (Å²) in [6, 6.07) is 15.9. The maximum atomic E-state index is 13.0. The minimum Gasteiger partial charge on any atom is -0.508 e. The molecule has 160 valence electrons. The van der Waals surface area contributed by atoms with E-state index in [0.29, 0.717) is 5.56 Å². The summed E-state index contributed by atoms with van der Waals surface area (Å²) in [5, 5.41) is 24.5. The summed E-state index contributed by atoms with van der Waals surface area (Å²) in [5.41, 5.74) is 3.05. The number of para-hydroxylation sites is 2. The molecule has 3 rings (SSSR count). The minimum absolute atomic E-state index is 0.0306. The Labute approximate surface area is 178 Å². The summed E-state index contributed by atoms with van der Waals surface area (Å²) in [5.74, 6) is 0.382. The molecular weight excluding hydrogens is 424 g/mol. The van der Waals surface area contributed by atoms with Crippen LogP contribution in [0.15, 0.2) is 76.7 Å². The van der Waals surface area contributed by atoms with E-state index >= 15 is 0 Å². The van der Waals surface area contributed by atoms with Gasteiger partial charge in [0, 0.05) is 12.1 Å². The van der Waals surface area contributed by atoms with Crippen molar-refractivity contribution in [3.05, 3.63) is 82.4 Å². The number of rotatable bonds is 8. The molecule has 0 aliphatic heterocycles. The van der Waals surface area contributed by atoms with Crippen LogP contribution in [0.2, 0.25) is 0 Å². The van der Waals surface area contributed by atoms with Gasteiger partial charge >= 0.3 is 0 Å². The van der Waals surface area contributed by atoms with Crippen molar-refractivity contribution in [2.75, 3.05) is 17.3 Å². The third-order valence-electron chi connectivity index (χ3n) is 4.11. The highest BCUT2D eigenvalue weighted by molar-refractivity contribution is 7.93. The molecule has 0 aromatic heterocycles. The molecule has 0 heterocycles. The van der Waals surface area contributed by atoms with Crippen molar-refractivity contribution in [3.8, 4) is 11.5 Å². The highest BCUT2D eigenvalue weighted by Gasteiger charge is 2.23. The van der Waals surface area contributed by atoms with E-state index in [-0.39, 0.29) is 27.8 Å². The lowest BCUT2D eigenvalue weighted by Crippen LogP contribution is -2.15. The molecule has 3 aromatic rings. The second-order valence-corrected chi connectivity index (χ2v) is 7.86. The van der Waals surface area contributed by atoms with Crippen LogP contribution < -0.4 is 14.9 Å². The monoisotopic (exact) mass is 442 g/mol. The quantitative estimate of drug-likeness (QED) is 0.275. The Morgan fingerprint density at radius 2 is 1.77 bits per heavy atom. The Morgan fingerprint density at radius 1 is 1.06 bits per heavy atom. The van der Waals surface area contributed by atoms with Gasteiger partial charge in [-0.2, -0.15) is 5.10 Å². The van der Waals surface area contributed by atoms with Crippen molar-refractivity contribution in [2.24, 2.45) is 5.10 Å². The molecule has 0 radical (unpaired) electrons. The predicted octanol–water partition coefficient (Wildman–Crippen LogP) is 3.56. The first kappa shape index (κ1) is 21.6. The standard InChI is InChI=1S/C20H18N4O6S/c1-30-19-5-3-2-4-17(19)23-31(28,29)20-12-15(24(26)27)8-11-18(20)22-21-13-14-6-9-16(25)10-7-14/h2-13,22-23,25H,1H3/b21-13+. The van der Waals surface area contributed by atoms with Gasteiger partial charge in [0.1, 0.15) is 16.4 Å². The fraction of sp³-hybridized carbons (Fsp3) is 0.0500. The normalized spacial score (nSPS) is 11.3. The molecule has 0 fully saturated rings. The molecular formula is C20H18N4O6S. The van der Waals surface area contributed by atoms with E-state index in [1.807, 2.05) is 0 Å². The van der Waals surface area contributed by atoms with Gasteiger partial charge in [-0.3, -0.25) is 20.3 Å². The first-order chi connectivity index (χ1) is 14.8. The van der Waals surface area contributed by atoms with Gasteiger partial charge < -0.3 is 9.84 Å². The van der Waals surface area contributed by atoms with E-state index in [9.17, 15) is 23.6 Å². The van der Waals surface area contributed by atoms with E-state index in [1.54, 1.807) is 30.3 Å². The number of hydrogen-bond acceptors (Lipinski definition) is 8. The lowest BCUT2D eigenvalue weighted by atomic mass is 10.2. The second-order valence-electron chi connectivity index (χ2n) is 6.20. The molecule has 0 bridgehead atoms. The van der Waals surface area contributed by atoms with Crippen LogP contribution in [0, 0.1) is 10.1 Å². The van der Waals surface area contributed by atoms with Gasteiger partial charge in [0.2, 0.25) is 0 Å². The Morgan fingerprint density at radius 3 is 2.45 bits per heavy atom. The van der Waals surface area contributed by atoms with E-state index in [1.165, 1.54) is 43.7 Å². The Balaban J connectivity index is 1.95. The van der Waals surface area contributed by atoms with Gasteiger partial charge in [0.05, 0.1) is 29.6 Å². The smallest absolute Gasteiger partial charge is 0.270 e. The highest BCUT2D eigenvalue weighted by Crippen LogP contribution is 2.31. The largest absolute Gasteiger partial charge is 0.508 e. The number of methoxy groups -OCH3 is 1. The van der Waals surface area contributed by atoms with Crippen LogP contribution in [0.4, 0.5) is 17.1 Å². The van der Waals surface area contributed by atoms with E-state index < -0.39 is 20.6 Å². The fourth-order valence-electron chi connectivity index (χ4n) is 2.60. The first-order valence-electron chi connectivity index (χ1n) is 8.82. The van der Waals surface area contributed by atoms with E-state index in [2.05, 4.69) is 15.2 Å². The van der Waals surface area contributed by atoms with Crippen LogP contribution in [0.25, 0.3) is 0 Å². The number of phenolic OH excluding ortho intramolecular Hbond substituents is 1. The number of nitrogens with zero attached hydrogens (tertiary/aromatic N) is 2. The number of hydrazone groups is 1. The summed E-state index contributed by atoms with van der Waals surface area (Å²) in [7, 11) is -2.84. The molecule has 0 aliphatic rings. The van der Waals surface area contributed by atoms with Gasteiger partial charge in [0.15, 0.2) is 0 Å². The number of ether oxygens (including phenoxy) is 1. The van der Waals surface area contributed by atoms with Crippen molar-refractivity contribution in [2.45, 2.75) is 4.90 Å². The number of aromatic hydroxyl groups is 1. The zero-order valence-corrected chi connectivity index (χ0v) is 17.0. The maximum Gasteiger partial charge on any atom is 0.270 e. The number of nitro benzene ring substituents is 1. The molecule has 3 N–H and O–H groups in total. The van der Waals surface area contributed by atoms with Crippen LogP contribution in [-0.4, -0.2) is 31.8 Å². The van der Waals surface area contributed by atoms with Crippen LogP contribution in [0.5, 0.6) is 11.5 Å².